The lowest BCUT2D eigenvalue weighted by Crippen LogP contribution is -2.20. The molecule has 15 heavy (non-hydrogen) atoms. The summed E-state index contributed by atoms with van der Waals surface area (Å²) in [5.74, 6) is 0.665. The molecule has 2 rings (SSSR count). The van der Waals surface area contributed by atoms with Crippen LogP contribution in [0.3, 0.4) is 0 Å². The SMILES string of the molecule is Cc1csc(C(N)C2CCCCCC2)n1. The Morgan fingerprint density at radius 2 is 2.00 bits per heavy atom. The Bertz CT molecular complexity index is 300. The van der Waals surface area contributed by atoms with Gasteiger partial charge < -0.3 is 5.73 Å². The Labute approximate surface area is 95.9 Å². The highest BCUT2D eigenvalue weighted by Crippen LogP contribution is 2.32. The molecule has 84 valence electrons. The van der Waals surface area contributed by atoms with Gasteiger partial charge in [-0.3, -0.25) is 0 Å². The summed E-state index contributed by atoms with van der Waals surface area (Å²) in [7, 11) is 0. The number of thiazole rings is 1. The normalized spacial score (nSPS) is 21.2. The molecule has 1 atom stereocenters. The summed E-state index contributed by atoms with van der Waals surface area (Å²) in [6, 6.07) is 0.182. The molecule has 1 aromatic heterocycles. The topological polar surface area (TPSA) is 38.9 Å². The van der Waals surface area contributed by atoms with Gasteiger partial charge in [0.15, 0.2) is 0 Å². The average Bonchev–Trinajstić information content (AvgIpc) is 2.53. The average molecular weight is 224 g/mol. The van der Waals surface area contributed by atoms with E-state index in [1.54, 1.807) is 11.3 Å². The minimum Gasteiger partial charge on any atom is -0.322 e. The molecule has 2 nitrogen and oxygen atoms in total. The van der Waals surface area contributed by atoms with E-state index < -0.39 is 0 Å². The molecule has 1 heterocycles. The maximum atomic E-state index is 6.30. The number of nitrogens with two attached hydrogens (primary N) is 1. The van der Waals surface area contributed by atoms with Crippen LogP contribution < -0.4 is 5.73 Å². The van der Waals surface area contributed by atoms with Crippen molar-refractivity contribution in [3.8, 4) is 0 Å². The highest BCUT2D eigenvalue weighted by molar-refractivity contribution is 7.09. The number of aromatic nitrogens is 1. The fraction of sp³-hybridized carbons (Fsp3) is 0.750. The minimum atomic E-state index is 0.182. The quantitative estimate of drug-likeness (QED) is 0.782. The van der Waals surface area contributed by atoms with Crippen molar-refractivity contribution in [1.29, 1.82) is 0 Å². The molecule has 1 fully saturated rings. The minimum absolute atomic E-state index is 0.182. The summed E-state index contributed by atoms with van der Waals surface area (Å²) in [4.78, 5) is 4.51. The zero-order valence-electron chi connectivity index (χ0n) is 9.41. The first-order chi connectivity index (χ1) is 7.27. The van der Waals surface area contributed by atoms with Crippen LogP contribution in [-0.2, 0) is 0 Å². The van der Waals surface area contributed by atoms with Gasteiger partial charge in [0.05, 0.1) is 6.04 Å². The lowest BCUT2D eigenvalue weighted by atomic mass is 9.93. The van der Waals surface area contributed by atoms with Crippen LogP contribution in [0.15, 0.2) is 5.38 Å². The van der Waals surface area contributed by atoms with E-state index in [-0.39, 0.29) is 6.04 Å². The van der Waals surface area contributed by atoms with Crippen LogP contribution in [-0.4, -0.2) is 4.98 Å². The summed E-state index contributed by atoms with van der Waals surface area (Å²) in [5, 5.41) is 3.24. The molecule has 0 bridgehead atoms. The third kappa shape index (κ3) is 2.79. The van der Waals surface area contributed by atoms with Crippen LogP contribution in [0.5, 0.6) is 0 Å². The van der Waals surface area contributed by atoms with Crippen molar-refractivity contribution in [3.05, 3.63) is 16.1 Å². The number of aryl methyl sites for hydroxylation is 1. The number of rotatable bonds is 2. The van der Waals surface area contributed by atoms with Gasteiger partial charge in [0.1, 0.15) is 5.01 Å². The van der Waals surface area contributed by atoms with Crippen LogP contribution >= 0.6 is 11.3 Å². The van der Waals surface area contributed by atoms with Crippen molar-refractivity contribution in [3.63, 3.8) is 0 Å². The molecular formula is C12H20N2S. The summed E-state index contributed by atoms with van der Waals surface area (Å²) in [5.41, 5.74) is 7.41. The van der Waals surface area contributed by atoms with Gasteiger partial charge in [-0.1, -0.05) is 25.7 Å². The molecule has 0 saturated heterocycles. The van der Waals surface area contributed by atoms with Gasteiger partial charge in [0.25, 0.3) is 0 Å². The summed E-state index contributed by atoms with van der Waals surface area (Å²) >= 11 is 1.72. The van der Waals surface area contributed by atoms with Crippen molar-refractivity contribution in [2.45, 2.75) is 51.5 Å². The Balaban J connectivity index is 2.02. The van der Waals surface area contributed by atoms with E-state index in [1.165, 1.54) is 38.5 Å². The fourth-order valence-electron chi connectivity index (χ4n) is 2.40. The van der Waals surface area contributed by atoms with E-state index in [0.29, 0.717) is 5.92 Å². The van der Waals surface area contributed by atoms with Crippen molar-refractivity contribution in [2.24, 2.45) is 11.7 Å². The van der Waals surface area contributed by atoms with Crippen LogP contribution in [0.25, 0.3) is 0 Å². The maximum Gasteiger partial charge on any atom is 0.110 e. The molecule has 2 N–H and O–H groups in total. The monoisotopic (exact) mass is 224 g/mol. The van der Waals surface area contributed by atoms with Crippen LogP contribution in [0, 0.1) is 12.8 Å². The smallest absolute Gasteiger partial charge is 0.110 e. The molecule has 3 heteroatoms. The van der Waals surface area contributed by atoms with Crippen molar-refractivity contribution >= 4 is 11.3 Å². The highest BCUT2D eigenvalue weighted by atomic mass is 32.1. The molecule has 0 amide bonds. The Morgan fingerprint density at radius 3 is 2.53 bits per heavy atom. The largest absolute Gasteiger partial charge is 0.322 e. The third-order valence-corrected chi connectivity index (χ3v) is 4.39. The Hall–Kier alpha value is -0.410. The third-order valence-electron chi connectivity index (χ3n) is 3.33. The highest BCUT2D eigenvalue weighted by Gasteiger charge is 2.22. The van der Waals surface area contributed by atoms with Crippen molar-refractivity contribution < 1.29 is 0 Å². The van der Waals surface area contributed by atoms with Gasteiger partial charge in [-0.25, -0.2) is 4.98 Å². The second kappa shape index (κ2) is 5.08. The number of nitrogens with zero attached hydrogens (tertiary/aromatic N) is 1. The van der Waals surface area contributed by atoms with Gasteiger partial charge in [0.2, 0.25) is 0 Å². The predicted molar refractivity (Wildman–Crippen MR) is 65.0 cm³/mol. The maximum absolute atomic E-state index is 6.30. The predicted octanol–water partition coefficient (Wildman–Crippen LogP) is 3.42. The van der Waals surface area contributed by atoms with E-state index in [0.717, 1.165) is 10.7 Å². The molecule has 0 spiro atoms. The first-order valence-electron chi connectivity index (χ1n) is 5.95. The van der Waals surface area contributed by atoms with Gasteiger partial charge in [-0.15, -0.1) is 11.3 Å². The molecule has 1 aliphatic carbocycles. The molecular weight excluding hydrogens is 204 g/mol. The van der Waals surface area contributed by atoms with Gasteiger partial charge in [-0.05, 0) is 25.7 Å². The summed E-state index contributed by atoms with van der Waals surface area (Å²) in [6.07, 6.45) is 8.06. The van der Waals surface area contributed by atoms with Gasteiger partial charge >= 0.3 is 0 Å². The standard InChI is InChI=1S/C12H20N2S/c1-9-8-15-12(14-9)11(13)10-6-4-2-3-5-7-10/h8,10-11H,2-7,13H2,1H3. The lowest BCUT2D eigenvalue weighted by molar-refractivity contribution is 0.381. The van der Waals surface area contributed by atoms with Crippen molar-refractivity contribution in [2.75, 3.05) is 0 Å². The molecule has 1 unspecified atom stereocenters. The van der Waals surface area contributed by atoms with Crippen LogP contribution in [0.2, 0.25) is 0 Å². The second-order valence-corrected chi connectivity index (χ2v) is 5.49. The zero-order valence-corrected chi connectivity index (χ0v) is 10.2. The lowest BCUT2D eigenvalue weighted by Gasteiger charge is -2.20. The fourth-order valence-corrected chi connectivity index (χ4v) is 3.29. The molecule has 1 aromatic rings. The van der Waals surface area contributed by atoms with Crippen LogP contribution in [0.4, 0.5) is 0 Å². The van der Waals surface area contributed by atoms with E-state index in [9.17, 15) is 0 Å². The number of hydrogen-bond donors (Lipinski definition) is 1. The van der Waals surface area contributed by atoms with E-state index in [1.807, 2.05) is 6.92 Å². The van der Waals surface area contributed by atoms with Gasteiger partial charge in [0, 0.05) is 11.1 Å². The molecule has 0 radical (unpaired) electrons. The summed E-state index contributed by atoms with van der Waals surface area (Å²) < 4.78 is 0. The summed E-state index contributed by atoms with van der Waals surface area (Å²) in [6.45, 7) is 2.04. The first-order valence-corrected chi connectivity index (χ1v) is 6.83. The van der Waals surface area contributed by atoms with Crippen LogP contribution in [0.1, 0.15) is 55.3 Å². The van der Waals surface area contributed by atoms with Gasteiger partial charge in [-0.2, -0.15) is 0 Å². The first kappa shape index (κ1) is 11.1. The zero-order chi connectivity index (χ0) is 10.7. The Morgan fingerprint density at radius 1 is 1.33 bits per heavy atom. The second-order valence-electron chi connectivity index (χ2n) is 4.60. The molecule has 1 aliphatic rings. The van der Waals surface area contributed by atoms with E-state index in [4.69, 9.17) is 5.73 Å². The van der Waals surface area contributed by atoms with E-state index in [2.05, 4.69) is 10.4 Å². The van der Waals surface area contributed by atoms with E-state index >= 15 is 0 Å². The molecule has 0 aliphatic heterocycles. The molecule has 0 aromatic carbocycles. The van der Waals surface area contributed by atoms with Crippen molar-refractivity contribution in [1.82, 2.24) is 4.98 Å². The molecule has 1 saturated carbocycles. The Kier molecular flexibility index (Phi) is 3.76. The number of hydrogen-bond acceptors (Lipinski definition) is 3.